The average Bonchev–Trinajstić information content (AvgIpc) is 2.65. The summed E-state index contributed by atoms with van der Waals surface area (Å²) in [6.07, 6.45) is 2.83. The first-order chi connectivity index (χ1) is 12.2. The number of carboxylic acids is 1. The van der Waals surface area contributed by atoms with Crippen LogP contribution in [0.25, 0.3) is 10.9 Å². The summed E-state index contributed by atoms with van der Waals surface area (Å²) >= 11 is 0. The normalized spacial score (nSPS) is 10.8. The highest BCUT2D eigenvalue weighted by Gasteiger charge is 2.14. The molecule has 5 heteroatoms. The van der Waals surface area contributed by atoms with Crippen molar-refractivity contribution in [3.05, 3.63) is 65.4 Å². The number of hydrogen-bond acceptors (Lipinski definition) is 4. The van der Waals surface area contributed by atoms with Crippen molar-refractivity contribution in [1.29, 1.82) is 0 Å². The molecule has 3 rings (SSSR count). The summed E-state index contributed by atoms with van der Waals surface area (Å²) in [4.78, 5) is 11.4. The third-order valence-corrected chi connectivity index (χ3v) is 4.08. The quantitative estimate of drug-likeness (QED) is 0.698. The molecule has 128 valence electrons. The summed E-state index contributed by atoms with van der Waals surface area (Å²) < 4.78 is 6.06. The van der Waals surface area contributed by atoms with Gasteiger partial charge in [0.15, 0.2) is 5.75 Å². The Balaban J connectivity index is 1.95. The van der Waals surface area contributed by atoms with Crippen molar-refractivity contribution in [3.8, 4) is 5.75 Å². The lowest BCUT2D eigenvalue weighted by Crippen LogP contribution is -2.07. The van der Waals surface area contributed by atoms with Crippen LogP contribution in [0.15, 0.2) is 48.5 Å². The van der Waals surface area contributed by atoms with E-state index in [9.17, 15) is 9.90 Å². The summed E-state index contributed by atoms with van der Waals surface area (Å²) in [7, 11) is 0. The zero-order valence-corrected chi connectivity index (χ0v) is 14.1. The first-order valence-electron chi connectivity index (χ1n) is 8.39. The number of benzene rings is 2. The molecule has 0 radical (unpaired) electrons. The van der Waals surface area contributed by atoms with Crippen LogP contribution in [0.5, 0.6) is 5.75 Å². The van der Waals surface area contributed by atoms with Gasteiger partial charge in [0, 0.05) is 10.9 Å². The molecule has 0 fully saturated rings. The minimum atomic E-state index is -0.955. The number of aromatic carboxylic acids is 1. The summed E-state index contributed by atoms with van der Waals surface area (Å²) in [5.74, 6) is -0.262. The van der Waals surface area contributed by atoms with Gasteiger partial charge in [0.05, 0.1) is 11.1 Å². The van der Waals surface area contributed by atoms with Crippen molar-refractivity contribution < 1.29 is 14.6 Å². The van der Waals surface area contributed by atoms with E-state index in [2.05, 4.69) is 17.1 Å². The molecule has 1 heterocycles. The Labute approximate surface area is 146 Å². The molecule has 0 spiro atoms. The predicted octanol–water partition coefficient (Wildman–Crippen LogP) is 4.25. The van der Waals surface area contributed by atoms with Crippen LogP contribution in [0.4, 0.5) is 0 Å². The highest BCUT2D eigenvalue weighted by molar-refractivity contribution is 5.89. The maximum absolute atomic E-state index is 11.4. The van der Waals surface area contributed by atoms with E-state index in [0.29, 0.717) is 11.3 Å². The molecule has 5 nitrogen and oxygen atoms in total. The maximum atomic E-state index is 11.4. The van der Waals surface area contributed by atoms with E-state index < -0.39 is 5.97 Å². The van der Waals surface area contributed by atoms with Crippen LogP contribution < -0.4 is 4.74 Å². The minimum absolute atomic E-state index is 0.178. The third-order valence-electron chi connectivity index (χ3n) is 4.08. The average molecular weight is 336 g/mol. The monoisotopic (exact) mass is 336 g/mol. The predicted molar refractivity (Wildman–Crippen MR) is 95.9 cm³/mol. The van der Waals surface area contributed by atoms with E-state index in [-0.39, 0.29) is 12.2 Å². The van der Waals surface area contributed by atoms with Gasteiger partial charge in [-0.05, 0) is 31.0 Å². The highest BCUT2D eigenvalue weighted by atomic mass is 16.5. The molecule has 25 heavy (non-hydrogen) atoms. The number of carbonyl (C=O) groups is 1. The van der Waals surface area contributed by atoms with Crippen molar-refractivity contribution in [2.45, 2.75) is 32.8 Å². The summed E-state index contributed by atoms with van der Waals surface area (Å²) in [6.45, 7) is 2.30. The van der Waals surface area contributed by atoms with Gasteiger partial charge in [-0.3, -0.25) is 0 Å². The highest BCUT2D eigenvalue weighted by Crippen LogP contribution is 2.29. The van der Waals surface area contributed by atoms with Crippen molar-refractivity contribution in [2.24, 2.45) is 0 Å². The Bertz CT molecular complexity index is 893. The van der Waals surface area contributed by atoms with Crippen molar-refractivity contribution in [2.75, 3.05) is 0 Å². The minimum Gasteiger partial charge on any atom is -0.486 e. The van der Waals surface area contributed by atoms with E-state index in [4.69, 9.17) is 4.74 Å². The Morgan fingerprint density at radius 3 is 2.64 bits per heavy atom. The molecule has 0 amide bonds. The van der Waals surface area contributed by atoms with Gasteiger partial charge in [-0.25, -0.2) is 4.79 Å². The number of nitrogens with zero attached hydrogens (tertiary/aromatic N) is 2. The second kappa shape index (κ2) is 7.75. The molecule has 0 saturated heterocycles. The second-order valence-corrected chi connectivity index (χ2v) is 5.85. The molecule has 0 aliphatic heterocycles. The smallest absolute Gasteiger partial charge is 0.336 e. The molecular formula is C20H20N2O3. The second-order valence-electron chi connectivity index (χ2n) is 5.85. The lowest BCUT2D eigenvalue weighted by atomic mass is 10.1. The topological polar surface area (TPSA) is 72.3 Å². The number of aryl methyl sites for hydroxylation is 1. The number of rotatable bonds is 7. The number of aromatic nitrogens is 2. The molecule has 0 aliphatic rings. The first-order valence-corrected chi connectivity index (χ1v) is 8.39. The van der Waals surface area contributed by atoms with Crippen LogP contribution in [0, 0.1) is 0 Å². The molecule has 2 aromatic carbocycles. The van der Waals surface area contributed by atoms with Crippen molar-refractivity contribution >= 4 is 16.9 Å². The molecule has 0 bridgehead atoms. The Kier molecular flexibility index (Phi) is 5.23. The summed E-state index contributed by atoms with van der Waals surface area (Å²) in [5.41, 5.74) is 2.47. The molecule has 0 saturated carbocycles. The number of ether oxygens (including phenoxy) is 1. The lowest BCUT2D eigenvalue weighted by Gasteiger charge is -2.14. The molecule has 0 aliphatic carbocycles. The number of carboxylic acid groups (broad SMARTS) is 1. The van der Waals surface area contributed by atoms with E-state index in [1.54, 1.807) is 18.2 Å². The third kappa shape index (κ3) is 3.76. The van der Waals surface area contributed by atoms with Gasteiger partial charge in [-0.1, -0.05) is 43.7 Å². The van der Waals surface area contributed by atoms with Gasteiger partial charge in [0.1, 0.15) is 12.3 Å². The van der Waals surface area contributed by atoms with Gasteiger partial charge < -0.3 is 9.84 Å². The van der Waals surface area contributed by atoms with E-state index in [1.807, 2.05) is 30.3 Å². The fraction of sp³-hybridized carbons (Fsp3) is 0.250. The fourth-order valence-corrected chi connectivity index (χ4v) is 2.74. The Morgan fingerprint density at radius 2 is 1.84 bits per heavy atom. The van der Waals surface area contributed by atoms with E-state index in [0.717, 1.165) is 35.9 Å². The number of fused-ring (bicyclic) bond motifs is 1. The van der Waals surface area contributed by atoms with Crippen LogP contribution >= 0.6 is 0 Å². The SMILES string of the molecule is CCCCc1nnc2ccccc2c1OCc1ccccc1C(=O)O. The molecule has 0 atom stereocenters. The molecule has 3 aromatic rings. The van der Waals surface area contributed by atoms with Crippen LogP contribution in [0.2, 0.25) is 0 Å². The fourth-order valence-electron chi connectivity index (χ4n) is 2.74. The molecule has 0 unspecified atom stereocenters. The Morgan fingerprint density at radius 1 is 1.08 bits per heavy atom. The summed E-state index contributed by atoms with van der Waals surface area (Å²) in [6, 6.07) is 14.6. The van der Waals surface area contributed by atoms with Gasteiger partial charge in [0.25, 0.3) is 0 Å². The number of unbranched alkanes of at least 4 members (excludes halogenated alkanes) is 1. The van der Waals surface area contributed by atoms with Crippen molar-refractivity contribution in [1.82, 2.24) is 10.2 Å². The lowest BCUT2D eigenvalue weighted by molar-refractivity contribution is 0.0694. The largest absolute Gasteiger partial charge is 0.486 e. The van der Waals surface area contributed by atoms with Crippen LogP contribution in [0.1, 0.15) is 41.4 Å². The molecule has 1 aromatic heterocycles. The zero-order valence-electron chi connectivity index (χ0n) is 14.1. The molecule has 1 N–H and O–H groups in total. The van der Waals surface area contributed by atoms with E-state index in [1.165, 1.54) is 0 Å². The molecular weight excluding hydrogens is 316 g/mol. The van der Waals surface area contributed by atoms with Crippen LogP contribution in [-0.4, -0.2) is 21.3 Å². The maximum Gasteiger partial charge on any atom is 0.336 e. The van der Waals surface area contributed by atoms with Gasteiger partial charge in [-0.15, -0.1) is 5.10 Å². The van der Waals surface area contributed by atoms with Crippen LogP contribution in [-0.2, 0) is 13.0 Å². The van der Waals surface area contributed by atoms with Crippen LogP contribution in [0.3, 0.4) is 0 Å². The Hall–Kier alpha value is -2.95. The first kappa shape index (κ1) is 16.9. The zero-order chi connectivity index (χ0) is 17.6. The van der Waals surface area contributed by atoms with Crippen molar-refractivity contribution in [3.63, 3.8) is 0 Å². The van der Waals surface area contributed by atoms with E-state index >= 15 is 0 Å². The number of hydrogen-bond donors (Lipinski definition) is 1. The van der Waals surface area contributed by atoms with Gasteiger partial charge in [0.2, 0.25) is 0 Å². The standard InChI is InChI=1S/C20H20N2O3/c1-2-3-11-18-19(16-10-6-7-12-17(16)21-22-18)25-13-14-8-4-5-9-15(14)20(23)24/h4-10,12H,2-3,11,13H2,1H3,(H,23,24). The summed E-state index contributed by atoms with van der Waals surface area (Å²) in [5, 5.41) is 18.8. The van der Waals surface area contributed by atoms with Gasteiger partial charge >= 0.3 is 5.97 Å². The van der Waals surface area contributed by atoms with Gasteiger partial charge in [-0.2, -0.15) is 5.10 Å².